The Kier molecular flexibility index (Phi) is 5.45. The summed E-state index contributed by atoms with van der Waals surface area (Å²) in [6, 6.07) is 0. The van der Waals surface area contributed by atoms with Gasteiger partial charge in [-0.1, -0.05) is 6.92 Å². The fraction of sp³-hybridized carbons (Fsp3) is 0.857. The largest absolute Gasteiger partial charge is 0.411 e. The van der Waals surface area contributed by atoms with Crippen molar-refractivity contribution < 1.29 is 22.7 Å². The predicted octanol–water partition coefficient (Wildman–Crippen LogP) is 1.09. The summed E-state index contributed by atoms with van der Waals surface area (Å²) in [4.78, 5) is 10.6. The Balaban J connectivity index is 3.22. The van der Waals surface area contributed by atoms with Gasteiger partial charge in [0.05, 0.1) is 6.61 Å². The molecule has 0 aliphatic heterocycles. The summed E-state index contributed by atoms with van der Waals surface area (Å²) in [6.45, 7) is 0.384. The van der Waals surface area contributed by atoms with Crippen molar-refractivity contribution in [1.82, 2.24) is 5.32 Å². The molecule has 6 heteroatoms. The molecule has 0 aromatic carbocycles. The number of carbonyl (C=O) groups excluding carboxylic acids is 1. The molecule has 0 heterocycles. The minimum atomic E-state index is -4.30. The number of alkyl halides is 3. The molecule has 0 atom stereocenters. The summed E-state index contributed by atoms with van der Waals surface area (Å²) >= 11 is 0. The second kappa shape index (κ2) is 5.80. The highest BCUT2D eigenvalue weighted by Crippen LogP contribution is 2.13. The first kappa shape index (κ1) is 12.2. The van der Waals surface area contributed by atoms with Crippen molar-refractivity contribution in [3.63, 3.8) is 0 Å². The van der Waals surface area contributed by atoms with Gasteiger partial charge in [-0.25, -0.2) is 0 Å². The van der Waals surface area contributed by atoms with Crippen LogP contribution in [0.4, 0.5) is 13.2 Å². The van der Waals surface area contributed by atoms with Crippen LogP contribution in [0.25, 0.3) is 0 Å². The highest BCUT2D eigenvalue weighted by atomic mass is 19.4. The average Bonchev–Trinajstić information content (AvgIpc) is 2.01. The van der Waals surface area contributed by atoms with Crippen molar-refractivity contribution in [2.75, 3.05) is 19.8 Å². The smallest absolute Gasteiger partial charge is 0.370 e. The van der Waals surface area contributed by atoms with Crippen LogP contribution in [0, 0.1) is 0 Å². The lowest BCUT2D eigenvalue weighted by molar-refractivity contribution is -0.173. The summed E-state index contributed by atoms with van der Waals surface area (Å²) in [6.07, 6.45) is -3.98. The molecule has 0 aromatic rings. The van der Waals surface area contributed by atoms with Gasteiger partial charge in [-0.15, -0.1) is 0 Å². The van der Waals surface area contributed by atoms with Gasteiger partial charge in [0.25, 0.3) is 0 Å². The van der Waals surface area contributed by atoms with Crippen molar-refractivity contribution in [2.45, 2.75) is 19.5 Å². The van der Waals surface area contributed by atoms with Gasteiger partial charge in [0.1, 0.15) is 6.61 Å². The standard InChI is InChI=1S/C7H12F3NO2/c1-2-6(12)11-3-4-13-5-7(8,9)10/h2-5H2,1H3,(H,11,12). The second-order valence-corrected chi connectivity index (χ2v) is 2.37. The SMILES string of the molecule is CCC(=O)NCCOCC(F)(F)F. The third-order valence-electron chi connectivity index (χ3n) is 1.16. The summed E-state index contributed by atoms with van der Waals surface area (Å²) in [5.41, 5.74) is 0. The third-order valence-corrected chi connectivity index (χ3v) is 1.16. The molecule has 13 heavy (non-hydrogen) atoms. The van der Waals surface area contributed by atoms with Crippen LogP contribution in [0.3, 0.4) is 0 Å². The number of rotatable bonds is 5. The van der Waals surface area contributed by atoms with Crippen molar-refractivity contribution in [1.29, 1.82) is 0 Å². The van der Waals surface area contributed by atoms with Crippen molar-refractivity contribution in [3.8, 4) is 0 Å². The van der Waals surface area contributed by atoms with Crippen LogP contribution >= 0.6 is 0 Å². The maximum Gasteiger partial charge on any atom is 0.411 e. The number of ether oxygens (including phenoxy) is 1. The number of halogens is 3. The Morgan fingerprint density at radius 1 is 1.46 bits per heavy atom. The maximum absolute atomic E-state index is 11.5. The fourth-order valence-electron chi connectivity index (χ4n) is 0.576. The number of carbonyl (C=O) groups is 1. The van der Waals surface area contributed by atoms with E-state index in [4.69, 9.17) is 0 Å². The van der Waals surface area contributed by atoms with Crippen molar-refractivity contribution in [2.24, 2.45) is 0 Å². The second-order valence-electron chi connectivity index (χ2n) is 2.37. The molecule has 0 radical (unpaired) electrons. The number of amides is 1. The lowest BCUT2D eigenvalue weighted by Crippen LogP contribution is -2.28. The molecule has 0 unspecified atom stereocenters. The molecule has 0 spiro atoms. The molecule has 3 nitrogen and oxygen atoms in total. The Morgan fingerprint density at radius 2 is 2.08 bits per heavy atom. The number of hydrogen-bond acceptors (Lipinski definition) is 2. The zero-order chi connectivity index (χ0) is 10.3. The van der Waals surface area contributed by atoms with Crippen molar-refractivity contribution in [3.05, 3.63) is 0 Å². The molecule has 1 N–H and O–H groups in total. The van der Waals surface area contributed by atoms with Crippen LogP contribution in [0.5, 0.6) is 0 Å². The van der Waals surface area contributed by atoms with Crippen LogP contribution in [0.2, 0.25) is 0 Å². The average molecular weight is 199 g/mol. The molecule has 0 aromatic heterocycles. The third kappa shape index (κ3) is 9.13. The number of hydrogen-bond donors (Lipinski definition) is 1. The van der Waals surface area contributed by atoms with E-state index in [1.807, 2.05) is 0 Å². The Morgan fingerprint density at radius 3 is 2.54 bits per heavy atom. The molecular weight excluding hydrogens is 187 g/mol. The molecule has 78 valence electrons. The highest BCUT2D eigenvalue weighted by Gasteiger charge is 2.27. The van der Waals surface area contributed by atoms with E-state index in [1.54, 1.807) is 6.92 Å². The lowest BCUT2D eigenvalue weighted by Gasteiger charge is -2.07. The van der Waals surface area contributed by atoms with E-state index in [9.17, 15) is 18.0 Å². The van der Waals surface area contributed by atoms with E-state index < -0.39 is 12.8 Å². The van der Waals surface area contributed by atoms with Crippen LogP contribution in [-0.2, 0) is 9.53 Å². The van der Waals surface area contributed by atoms with E-state index in [1.165, 1.54) is 0 Å². The molecule has 0 aliphatic rings. The van der Waals surface area contributed by atoms with Gasteiger partial charge in [0.2, 0.25) is 5.91 Å². The van der Waals surface area contributed by atoms with E-state index >= 15 is 0 Å². The molecule has 0 aliphatic carbocycles. The zero-order valence-electron chi connectivity index (χ0n) is 7.28. The minimum Gasteiger partial charge on any atom is -0.370 e. The van der Waals surface area contributed by atoms with E-state index in [2.05, 4.69) is 10.1 Å². The van der Waals surface area contributed by atoms with Crippen LogP contribution in [0.1, 0.15) is 13.3 Å². The first-order valence-corrected chi connectivity index (χ1v) is 3.87. The molecule has 0 saturated heterocycles. The molecule has 0 saturated carbocycles. The Labute approximate surface area is 74.3 Å². The first-order chi connectivity index (χ1) is 5.95. The van der Waals surface area contributed by atoms with Gasteiger partial charge in [-0.2, -0.15) is 13.2 Å². The quantitative estimate of drug-likeness (QED) is 0.673. The number of nitrogens with one attached hydrogen (secondary N) is 1. The van der Waals surface area contributed by atoms with Gasteiger partial charge < -0.3 is 10.1 Å². The zero-order valence-corrected chi connectivity index (χ0v) is 7.28. The van der Waals surface area contributed by atoms with E-state index in [0.717, 1.165) is 0 Å². The molecular formula is C7H12F3NO2. The molecule has 1 amide bonds. The maximum atomic E-state index is 11.5. The monoisotopic (exact) mass is 199 g/mol. The van der Waals surface area contributed by atoms with E-state index in [-0.39, 0.29) is 19.1 Å². The van der Waals surface area contributed by atoms with Gasteiger partial charge in [0, 0.05) is 13.0 Å². The molecule has 0 fully saturated rings. The van der Waals surface area contributed by atoms with Crippen molar-refractivity contribution >= 4 is 5.91 Å². The normalized spacial score (nSPS) is 11.4. The van der Waals surface area contributed by atoms with Gasteiger partial charge in [-0.05, 0) is 0 Å². The Bertz CT molecular complexity index is 158. The molecule has 0 rings (SSSR count). The lowest BCUT2D eigenvalue weighted by atomic mass is 10.4. The van der Waals surface area contributed by atoms with Crippen LogP contribution in [-0.4, -0.2) is 31.8 Å². The fourth-order valence-corrected chi connectivity index (χ4v) is 0.576. The Hall–Kier alpha value is -0.780. The topological polar surface area (TPSA) is 38.3 Å². The van der Waals surface area contributed by atoms with E-state index in [0.29, 0.717) is 6.42 Å². The summed E-state index contributed by atoms with van der Waals surface area (Å²) < 4.78 is 38.7. The van der Waals surface area contributed by atoms with Gasteiger partial charge >= 0.3 is 6.18 Å². The highest BCUT2D eigenvalue weighted by molar-refractivity contribution is 5.75. The van der Waals surface area contributed by atoms with Crippen LogP contribution < -0.4 is 5.32 Å². The summed E-state index contributed by atoms with van der Waals surface area (Å²) in [7, 11) is 0. The predicted molar refractivity (Wildman–Crippen MR) is 40.2 cm³/mol. The minimum absolute atomic E-state index is 0.114. The van der Waals surface area contributed by atoms with Crippen LogP contribution in [0.15, 0.2) is 0 Å². The van der Waals surface area contributed by atoms with Gasteiger partial charge in [-0.3, -0.25) is 4.79 Å². The molecule has 0 bridgehead atoms. The summed E-state index contributed by atoms with van der Waals surface area (Å²) in [5, 5.41) is 2.39. The first-order valence-electron chi connectivity index (χ1n) is 3.87. The summed E-state index contributed by atoms with van der Waals surface area (Å²) in [5.74, 6) is -0.199. The van der Waals surface area contributed by atoms with Gasteiger partial charge in [0.15, 0.2) is 0 Å².